The van der Waals surface area contributed by atoms with Crippen molar-refractivity contribution in [1.82, 2.24) is 0 Å². The summed E-state index contributed by atoms with van der Waals surface area (Å²) in [7, 11) is 0. The highest BCUT2D eigenvalue weighted by molar-refractivity contribution is 7.11. The third-order valence-electron chi connectivity index (χ3n) is 3.74. The molecule has 0 unspecified atom stereocenters. The predicted octanol–water partition coefficient (Wildman–Crippen LogP) is 6.62. The highest BCUT2D eigenvalue weighted by Crippen LogP contribution is 2.25. The van der Waals surface area contributed by atoms with Crippen molar-refractivity contribution in [2.75, 3.05) is 0 Å². The Balaban J connectivity index is 1.93. The minimum absolute atomic E-state index is 1.22. The monoisotopic (exact) mass is 316 g/mol. The summed E-state index contributed by atoms with van der Waals surface area (Å²) in [6, 6.07) is 21.5. The molecule has 1 heteroatoms. The minimum atomic E-state index is 1.22. The Bertz CT molecular complexity index is 801. The summed E-state index contributed by atoms with van der Waals surface area (Å²) in [4.78, 5) is 1.29. The summed E-state index contributed by atoms with van der Waals surface area (Å²) in [5, 5.41) is 2.12. The largest absolute Gasteiger partial charge is 0.144 e. The summed E-state index contributed by atoms with van der Waals surface area (Å²) in [5.74, 6) is 0. The van der Waals surface area contributed by atoms with E-state index in [0.29, 0.717) is 0 Å². The molecule has 0 bridgehead atoms. The molecule has 0 radical (unpaired) electrons. The molecule has 0 atom stereocenters. The summed E-state index contributed by atoms with van der Waals surface area (Å²) in [5.41, 5.74) is 6.27. The van der Waals surface area contributed by atoms with E-state index in [2.05, 4.69) is 98.1 Å². The maximum absolute atomic E-state index is 2.25. The van der Waals surface area contributed by atoms with Crippen LogP contribution in [0.15, 0.2) is 72.1 Å². The van der Waals surface area contributed by atoms with E-state index >= 15 is 0 Å². The van der Waals surface area contributed by atoms with Crippen LogP contribution < -0.4 is 0 Å². The third-order valence-corrected chi connectivity index (χ3v) is 4.66. The van der Waals surface area contributed by atoms with Crippen LogP contribution in [0.4, 0.5) is 0 Å². The van der Waals surface area contributed by atoms with Crippen LogP contribution in [0.5, 0.6) is 0 Å². The van der Waals surface area contributed by atoms with Gasteiger partial charge in [0.25, 0.3) is 0 Å². The number of hydrogen-bond acceptors (Lipinski definition) is 1. The molecule has 0 N–H and O–H groups in total. The van der Waals surface area contributed by atoms with Crippen molar-refractivity contribution in [3.05, 3.63) is 99.3 Å². The smallest absolute Gasteiger partial charge is 0.0342 e. The van der Waals surface area contributed by atoms with Gasteiger partial charge in [0, 0.05) is 4.88 Å². The molecule has 0 aliphatic heterocycles. The second kappa shape index (κ2) is 7.26. The van der Waals surface area contributed by atoms with Gasteiger partial charge in [-0.15, -0.1) is 11.3 Å². The minimum Gasteiger partial charge on any atom is -0.144 e. The van der Waals surface area contributed by atoms with Crippen LogP contribution in [0.2, 0.25) is 0 Å². The fourth-order valence-corrected chi connectivity index (χ4v) is 3.07. The average Bonchev–Trinajstić information content (AvgIpc) is 3.09. The van der Waals surface area contributed by atoms with Gasteiger partial charge in [0.2, 0.25) is 0 Å². The van der Waals surface area contributed by atoms with E-state index in [9.17, 15) is 0 Å². The van der Waals surface area contributed by atoms with E-state index in [1.165, 1.54) is 32.7 Å². The second-order valence-electron chi connectivity index (χ2n) is 5.73. The standard InChI is InChI=1S/C22H20S/c1-17-5-9-19(10-6-17)13-14-21(22-4-3-15-23-22)16-20-11-7-18(2)8-12-20/h3-16H,1-2H3/b14-13+,21-16+. The summed E-state index contributed by atoms with van der Waals surface area (Å²) in [6.07, 6.45) is 6.63. The molecular formula is C22H20S. The Labute approximate surface area is 142 Å². The Hall–Kier alpha value is -2.38. The summed E-state index contributed by atoms with van der Waals surface area (Å²) in [6.45, 7) is 4.23. The van der Waals surface area contributed by atoms with E-state index in [0.717, 1.165) is 0 Å². The van der Waals surface area contributed by atoms with E-state index in [4.69, 9.17) is 0 Å². The molecule has 0 aliphatic carbocycles. The lowest BCUT2D eigenvalue weighted by Crippen LogP contribution is -1.79. The lowest BCUT2D eigenvalue weighted by atomic mass is 10.1. The van der Waals surface area contributed by atoms with Crippen molar-refractivity contribution >= 4 is 29.1 Å². The van der Waals surface area contributed by atoms with Crippen molar-refractivity contribution in [2.24, 2.45) is 0 Å². The van der Waals surface area contributed by atoms with Gasteiger partial charge in [-0.2, -0.15) is 0 Å². The predicted molar refractivity (Wildman–Crippen MR) is 104 cm³/mol. The summed E-state index contributed by atoms with van der Waals surface area (Å²) >= 11 is 1.77. The Kier molecular flexibility index (Phi) is 4.89. The molecule has 0 amide bonds. The molecule has 1 aromatic heterocycles. The number of hydrogen-bond donors (Lipinski definition) is 0. The third kappa shape index (κ3) is 4.30. The SMILES string of the molecule is Cc1ccc(/C=C/C(=C\c2ccc(C)cc2)c2cccs2)cc1. The van der Waals surface area contributed by atoms with E-state index in [-0.39, 0.29) is 0 Å². The van der Waals surface area contributed by atoms with Gasteiger partial charge in [-0.1, -0.05) is 77.9 Å². The van der Waals surface area contributed by atoms with Crippen molar-refractivity contribution < 1.29 is 0 Å². The Morgan fingerprint density at radius 1 is 0.783 bits per heavy atom. The number of rotatable bonds is 4. The van der Waals surface area contributed by atoms with E-state index < -0.39 is 0 Å². The van der Waals surface area contributed by atoms with Crippen molar-refractivity contribution in [1.29, 1.82) is 0 Å². The van der Waals surface area contributed by atoms with E-state index in [1.54, 1.807) is 11.3 Å². The number of aryl methyl sites for hydroxylation is 2. The summed E-state index contributed by atoms with van der Waals surface area (Å²) < 4.78 is 0. The van der Waals surface area contributed by atoms with Crippen molar-refractivity contribution in [2.45, 2.75) is 13.8 Å². The van der Waals surface area contributed by atoms with E-state index in [1.807, 2.05) is 0 Å². The molecule has 23 heavy (non-hydrogen) atoms. The van der Waals surface area contributed by atoms with Crippen LogP contribution in [-0.2, 0) is 0 Å². The van der Waals surface area contributed by atoms with Crippen LogP contribution in [-0.4, -0.2) is 0 Å². The molecule has 114 valence electrons. The zero-order chi connectivity index (χ0) is 16.1. The van der Waals surface area contributed by atoms with Crippen LogP contribution in [0, 0.1) is 13.8 Å². The van der Waals surface area contributed by atoms with Gasteiger partial charge >= 0.3 is 0 Å². The first-order valence-corrected chi connectivity index (χ1v) is 8.66. The molecule has 0 fully saturated rings. The molecule has 0 aliphatic rings. The maximum atomic E-state index is 2.25. The highest BCUT2D eigenvalue weighted by Gasteiger charge is 2.00. The Morgan fingerprint density at radius 3 is 1.96 bits per heavy atom. The molecular weight excluding hydrogens is 296 g/mol. The van der Waals surface area contributed by atoms with Gasteiger partial charge in [0.15, 0.2) is 0 Å². The quantitative estimate of drug-likeness (QED) is 0.474. The zero-order valence-electron chi connectivity index (χ0n) is 13.5. The van der Waals surface area contributed by atoms with Crippen LogP contribution in [0.25, 0.3) is 17.7 Å². The highest BCUT2D eigenvalue weighted by atomic mass is 32.1. The van der Waals surface area contributed by atoms with Gasteiger partial charge < -0.3 is 0 Å². The van der Waals surface area contributed by atoms with Gasteiger partial charge in [-0.05, 0) is 48.1 Å². The first-order chi connectivity index (χ1) is 11.2. The lowest BCUT2D eigenvalue weighted by Gasteiger charge is -2.02. The second-order valence-corrected chi connectivity index (χ2v) is 6.68. The van der Waals surface area contributed by atoms with Gasteiger partial charge in [-0.3, -0.25) is 0 Å². The molecule has 0 nitrogen and oxygen atoms in total. The van der Waals surface area contributed by atoms with Crippen LogP contribution >= 0.6 is 11.3 Å². The fraction of sp³-hybridized carbons (Fsp3) is 0.0909. The fourth-order valence-electron chi connectivity index (χ4n) is 2.35. The lowest BCUT2D eigenvalue weighted by molar-refractivity contribution is 1.46. The number of allylic oxidation sites excluding steroid dienone is 2. The maximum Gasteiger partial charge on any atom is 0.0342 e. The van der Waals surface area contributed by atoms with Crippen LogP contribution in [0.3, 0.4) is 0 Å². The molecule has 3 rings (SSSR count). The molecule has 3 aromatic rings. The average molecular weight is 316 g/mol. The van der Waals surface area contributed by atoms with Gasteiger partial charge in [0.1, 0.15) is 0 Å². The van der Waals surface area contributed by atoms with Crippen LogP contribution in [0.1, 0.15) is 27.1 Å². The number of benzene rings is 2. The first-order valence-electron chi connectivity index (χ1n) is 7.78. The number of thiophene rings is 1. The molecule has 0 spiro atoms. The van der Waals surface area contributed by atoms with Gasteiger partial charge in [0.05, 0.1) is 0 Å². The van der Waals surface area contributed by atoms with Crippen molar-refractivity contribution in [3.63, 3.8) is 0 Å². The molecule has 0 saturated carbocycles. The Morgan fingerprint density at radius 2 is 1.39 bits per heavy atom. The first kappa shape index (κ1) is 15.5. The molecule has 2 aromatic carbocycles. The molecule has 0 saturated heterocycles. The molecule has 1 heterocycles. The zero-order valence-corrected chi connectivity index (χ0v) is 14.3. The van der Waals surface area contributed by atoms with Crippen molar-refractivity contribution in [3.8, 4) is 0 Å². The normalized spacial score (nSPS) is 12.0. The van der Waals surface area contributed by atoms with Gasteiger partial charge in [-0.25, -0.2) is 0 Å². The topological polar surface area (TPSA) is 0 Å².